The number of nitrogens with zero attached hydrogens (tertiary/aromatic N) is 9. The summed E-state index contributed by atoms with van der Waals surface area (Å²) in [5.41, 5.74) is 23.4. The fourth-order valence-corrected chi connectivity index (χ4v) is 16.6. The van der Waals surface area contributed by atoms with Crippen LogP contribution in [-0.4, -0.2) is 44.3 Å². The van der Waals surface area contributed by atoms with Crippen molar-refractivity contribution in [1.29, 1.82) is 0 Å². The van der Waals surface area contributed by atoms with Crippen molar-refractivity contribution in [2.24, 2.45) is 0 Å². The molecule has 103 heavy (non-hydrogen) atoms. The molecule has 1 aliphatic heterocycles. The fourth-order valence-electron chi connectivity index (χ4n) is 16.6. The lowest BCUT2D eigenvalue weighted by molar-refractivity contribution is 1.07. The Labute approximate surface area is 592 Å². The smallest absolute Gasteiger partial charge is 0.164 e. The number of rotatable bonds is 9. The van der Waals surface area contributed by atoms with Crippen LogP contribution in [0.2, 0.25) is 0 Å². The van der Waals surface area contributed by atoms with E-state index in [-0.39, 0.29) is 0 Å². The fraction of sp³-hybridized carbons (Fsp3) is 0.0106. The van der Waals surface area contributed by atoms with Gasteiger partial charge in [-0.3, -0.25) is 0 Å². The molecule has 21 rings (SSSR count). The molecule has 14 aromatic carbocycles. The summed E-state index contributed by atoms with van der Waals surface area (Å²) in [7, 11) is 0. The number of anilines is 2. The van der Waals surface area contributed by atoms with E-state index in [1.807, 2.05) is 0 Å². The summed E-state index contributed by atoms with van der Waals surface area (Å²) in [6.45, 7) is 5.28. The van der Waals surface area contributed by atoms with Gasteiger partial charge in [0.05, 0.1) is 60.9 Å². The molecule has 7 heterocycles. The molecular formula is C94H61N9. The van der Waals surface area contributed by atoms with Crippen molar-refractivity contribution >= 4 is 126 Å². The standard InChI is InChI=1S/C94H61N9/c1-60-24-6-5-23-59-98(86-70(60)53-54-76-71-31-13-18-36-81(71)99(87(76)86)65-25-7-2-8-26-65)64-47-41-61(42-48-64)92-95-93(62-43-49-68(50-44-62)102-84-39-21-16-34-74(84)79-57-55-77-72-32-14-19-37-82(72)100(88(77)90(79)102)66-27-9-3-10-28-66)97-94(96-92)63-45-51-69(52-46-63)103-85-40-22-17-35-75(85)80-58-56-78-73-33-15-20-38-83(73)101(89(78)91(80)103)67-29-11-4-12-30-67/h2-58H,1,59H2/b23-5-,24-6-. The Morgan fingerprint density at radius 1 is 0.243 bits per heavy atom. The van der Waals surface area contributed by atoms with Crippen molar-refractivity contribution in [3.8, 4) is 62.6 Å². The third kappa shape index (κ3) is 8.95. The zero-order valence-electron chi connectivity index (χ0n) is 55.8. The second-order valence-electron chi connectivity index (χ2n) is 26.7. The van der Waals surface area contributed by atoms with Crippen LogP contribution in [-0.2, 0) is 0 Å². The van der Waals surface area contributed by atoms with E-state index in [1.54, 1.807) is 0 Å². The summed E-state index contributed by atoms with van der Waals surface area (Å²) in [5, 5.41) is 11.9. The van der Waals surface area contributed by atoms with Crippen LogP contribution in [0.5, 0.6) is 0 Å². The van der Waals surface area contributed by atoms with Gasteiger partial charge in [0.15, 0.2) is 17.5 Å². The summed E-state index contributed by atoms with van der Waals surface area (Å²) >= 11 is 0. The lowest BCUT2D eigenvalue weighted by Gasteiger charge is -2.28. The van der Waals surface area contributed by atoms with Crippen molar-refractivity contribution in [1.82, 2.24) is 37.8 Å². The van der Waals surface area contributed by atoms with Gasteiger partial charge in [0, 0.05) is 117 Å². The predicted octanol–water partition coefficient (Wildman–Crippen LogP) is 23.6. The zero-order valence-corrected chi connectivity index (χ0v) is 55.8. The van der Waals surface area contributed by atoms with Gasteiger partial charge in [0.2, 0.25) is 0 Å². The Hall–Kier alpha value is -13.9. The Morgan fingerprint density at radius 3 is 0.874 bits per heavy atom. The maximum absolute atomic E-state index is 5.46. The molecular weight excluding hydrogens is 1260 g/mol. The van der Waals surface area contributed by atoms with Gasteiger partial charge >= 0.3 is 0 Å². The molecule has 0 N–H and O–H groups in total. The Bertz CT molecular complexity index is 6630. The summed E-state index contributed by atoms with van der Waals surface area (Å²) in [4.78, 5) is 18.8. The van der Waals surface area contributed by atoms with Gasteiger partial charge in [-0.2, -0.15) is 0 Å². The molecule has 9 heteroatoms. The molecule has 0 amide bonds. The Balaban J connectivity index is 0.738. The van der Waals surface area contributed by atoms with E-state index in [0.29, 0.717) is 24.0 Å². The molecule has 0 radical (unpaired) electrons. The third-order valence-electron chi connectivity index (χ3n) is 21.1. The second-order valence-corrected chi connectivity index (χ2v) is 26.7. The lowest BCUT2D eigenvalue weighted by Crippen LogP contribution is -2.19. The Morgan fingerprint density at radius 2 is 0.524 bits per heavy atom. The normalized spacial score (nSPS) is 13.4. The molecule has 0 atom stereocenters. The van der Waals surface area contributed by atoms with E-state index in [9.17, 15) is 0 Å². The first kappa shape index (κ1) is 58.1. The largest absolute Gasteiger partial charge is 0.335 e. The highest BCUT2D eigenvalue weighted by Crippen LogP contribution is 2.48. The molecule has 0 bridgehead atoms. The molecule has 20 aromatic rings. The molecule has 6 aromatic heterocycles. The molecule has 9 nitrogen and oxygen atoms in total. The van der Waals surface area contributed by atoms with Crippen LogP contribution in [0.25, 0.3) is 177 Å². The molecule has 0 unspecified atom stereocenters. The van der Waals surface area contributed by atoms with Crippen molar-refractivity contribution < 1.29 is 0 Å². The minimum Gasteiger partial charge on any atom is -0.335 e. The van der Waals surface area contributed by atoms with Gasteiger partial charge in [-0.25, -0.2) is 15.0 Å². The third-order valence-corrected chi connectivity index (χ3v) is 21.1. The number of benzene rings is 14. The van der Waals surface area contributed by atoms with Gasteiger partial charge < -0.3 is 27.7 Å². The summed E-state index contributed by atoms with van der Waals surface area (Å²) in [5.74, 6) is 1.69. The van der Waals surface area contributed by atoms with Crippen LogP contribution < -0.4 is 4.90 Å². The average molecular weight is 1320 g/mol. The van der Waals surface area contributed by atoms with Crippen LogP contribution >= 0.6 is 0 Å². The van der Waals surface area contributed by atoms with E-state index < -0.39 is 0 Å². The number of hydrogen-bond donors (Lipinski definition) is 0. The SMILES string of the molecule is C=C1/C=C\C=C/CN(c2ccc(-c3nc(-c4ccc(-n5c6ccccc6c6ccc7c8ccccc8n(-c8ccccc8)c7c65)cc4)nc(-c4ccc(-n5c6ccccc6c6ccc7c8ccccc8n(-c8ccccc8)c7c65)cc4)n3)cc2)c2c1ccc1c3ccccc3n(-c3ccccc3)c21. The van der Waals surface area contributed by atoms with E-state index in [4.69, 9.17) is 15.0 Å². The molecule has 0 fully saturated rings. The van der Waals surface area contributed by atoms with Gasteiger partial charge in [-0.05, 0) is 145 Å². The van der Waals surface area contributed by atoms with Crippen molar-refractivity contribution in [3.63, 3.8) is 0 Å². The van der Waals surface area contributed by atoms with Crippen LogP contribution in [0.1, 0.15) is 5.56 Å². The number of para-hydroxylation sites is 8. The first-order chi connectivity index (χ1) is 51.1. The zero-order chi connectivity index (χ0) is 67.8. The van der Waals surface area contributed by atoms with Crippen molar-refractivity contribution in [3.05, 3.63) is 358 Å². The second kappa shape index (κ2) is 23.1. The monoisotopic (exact) mass is 1320 g/mol. The number of aromatic nitrogens is 8. The highest BCUT2D eigenvalue weighted by Gasteiger charge is 2.27. The van der Waals surface area contributed by atoms with E-state index in [0.717, 1.165) is 123 Å². The van der Waals surface area contributed by atoms with Gasteiger partial charge in [0.25, 0.3) is 0 Å². The minimum absolute atomic E-state index is 0.561. The van der Waals surface area contributed by atoms with Gasteiger partial charge in [-0.15, -0.1) is 0 Å². The summed E-state index contributed by atoms with van der Waals surface area (Å²) in [6.07, 6.45) is 8.55. The average Bonchev–Trinajstić information content (AvgIpc) is 1.51. The molecule has 0 saturated carbocycles. The van der Waals surface area contributed by atoms with Crippen LogP contribution in [0.4, 0.5) is 11.4 Å². The first-order valence-electron chi connectivity index (χ1n) is 35.1. The number of hydrogen-bond acceptors (Lipinski definition) is 4. The number of allylic oxidation sites excluding steroid dienone is 4. The quantitative estimate of drug-likeness (QED) is 0.144. The molecule has 0 saturated heterocycles. The maximum atomic E-state index is 5.46. The summed E-state index contributed by atoms with van der Waals surface area (Å²) < 4.78 is 12.2. The summed E-state index contributed by atoms with van der Waals surface area (Å²) in [6, 6.07) is 116. The van der Waals surface area contributed by atoms with Gasteiger partial charge in [0.1, 0.15) is 0 Å². The van der Waals surface area contributed by atoms with Crippen LogP contribution in [0.3, 0.4) is 0 Å². The van der Waals surface area contributed by atoms with Crippen molar-refractivity contribution in [2.45, 2.75) is 0 Å². The highest BCUT2D eigenvalue weighted by molar-refractivity contribution is 6.26. The molecule has 0 spiro atoms. The van der Waals surface area contributed by atoms with Crippen molar-refractivity contribution in [2.75, 3.05) is 11.4 Å². The van der Waals surface area contributed by atoms with Crippen LogP contribution in [0.15, 0.2) is 352 Å². The Kier molecular flexibility index (Phi) is 13.0. The number of fused-ring (bicyclic) bond motifs is 19. The van der Waals surface area contributed by atoms with E-state index >= 15 is 0 Å². The molecule has 0 aliphatic carbocycles. The van der Waals surface area contributed by atoms with Gasteiger partial charge in [-0.1, -0.05) is 213 Å². The van der Waals surface area contributed by atoms with E-state index in [2.05, 4.69) is 380 Å². The molecule has 482 valence electrons. The minimum atomic E-state index is 0.561. The van der Waals surface area contributed by atoms with Crippen LogP contribution in [0, 0.1) is 0 Å². The van der Waals surface area contributed by atoms with E-state index in [1.165, 1.54) is 53.9 Å². The highest BCUT2D eigenvalue weighted by atomic mass is 15.2. The topological polar surface area (TPSA) is 66.6 Å². The lowest BCUT2D eigenvalue weighted by atomic mass is 10.00. The first-order valence-corrected chi connectivity index (χ1v) is 35.1. The molecule has 1 aliphatic rings. The maximum Gasteiger partial charge on any atom is 0.164 e. The predicted molar refractivity (Wildman–Crippen MR) is 429 cm³/mol.